The van der Waals surface area contributed by atoms with E-state index in [1.165, 1.54) is 7.11 Å². The fourth-order valence-electron chi connectivity index (χ4n) is 4.05. The van der Waals surface area contributed by atoms with Crippen molar-refractivity contribution in [3.05, 3.63) is 80.5 Å². The second-order valence-electron chi connectivity index (χ2n) is 6.87. The normalized spacial score (nSPS) is 17.7. The topological polar surface area (TPSA) is 64.6 Å². The number of Topliss-reactive ketones (excluding diaryl/α,β-unsaturated/α-hetero) is 1. The molecule has 0 spiro atoms. The minimum Gasteiger partial charge on any atom is -0.494 e. The van der Waals surface area contributed by atoms with Gasteiger partial charge in [0.2, 0.25) is 0 Å². The summed E-state index contributed by atoms with van der Waals surface area (Å²) in [5.41, 5.74) is 4.56. The molecule has 0 saturated carbocycles. The number of nitrogens with one attached hydrogen (secondary N) is 1. The zero-order chi connectivity index (χ0) is 20.7. The first-order chi connectivity index (χ1) is 14.0. The Morgan fingerprint density at radius 1 is 1.17 bits per heavy atom. The summed E-state index contributed by atoms with van der Waals surface area (Å²) in [6, 6.07) is 13.1. The molecule has 1 aliphatic heterocycles. The van der Waals surface area contributed by atoms with E-state index in [-0.39, 0.29) is 5.78 Å². The summed E-state index contributed by atoms with van der Waals surface area (Å²) in [5.74, 6) is -0.535. The number of ether oxygens (including phenoxy) is 2. The average Bonchev–Trinajstić information content (AvgIpc) is 3.00. The monoisotopic (exact) mass is 453 g/mol. The van der Waals surface area contributed by atoms with E-state index in [4.69, 9.17) is 9.47 Å². The first-order valence-electron chi connectivity index (χ1n) is 9.34. The molecule has 1 unspecified atom stereocenters. The van der Waals surface area contributed by atoms with Gasteiger partial charge in [-0.05, 0) is 32.0 Å². The number of carbonyl (C=O) groups excluding carboxylic acids is 2. The lowest BCUT2D eigenvalue weighted by molar-refractivity contribution is -0.136. The van der Waals surface area contributed by atoms with Crippen molar-refractivity contribution in [2.45, 2.75) is 19.8 Å². The summed E-state index contributed by atoms with van der Waals surface area (Å²) in [7, 11) is 1.35. The molecule has 1 atom stereocenters. The number of hydrogen-bond donors (Lipinski definition) is 1. The summed E-state index contributed by atoms with van der Waals surface area (Å²) < 4.78 is 11.8. The lowest BCUT2D eigenvalue weighted by Gasteiger charge is -2.30. The zero-order valence-corrected chi connectivity index (χ0v) is 17.9. The van der Waals surface area contributed by atoms with Crippen molar-refractivity contribution >= 4 is 33.4 Å². The molecule has 1 N–H and O–H groups in total. The van der Waals surface area contributed by atoms with Crippen LogP contribution >= 0.6 is 15.9 Å². The Hall–Kier alpha value is -2.86. The van der Waals surface area contributed by atoms with E-state index in [0.717, 1.165) is 21.3 Å². The Labute approximate surface area is 177 Å². The van der Waals surface area contributed by atoms with Crippen LogP contribution < -0.4 is 10.1 Å². The highest BCUT2D eigenvalue weighted by atomic mass is 79.9. The molecule has 5 nitrogen and oxygen atoms in total. The van der Waals surface area contributed by atoms with Gasteiger partial charge in [-0.15, -0.1) is 0 Å². The second kappa shape index (κ2) is 7.52. The molecule has 2 aliphatic rings. The molecule has 6 heteroatoms. The number of allylic oxidation sites excluding steroid dienone is 2. The highest BCUT2D eigenvalue weighted by molar-refractivity contribution is 9.10. The maximum absolute atomic E-state index is 13.4. The first kappa shape index (κ1) is 19.5. The third-order valence-corrected chi connectivity index (χ3v) is 5.73. The number of carbonyl (C=O) groups is 2. The van der Waals surface area contributed by atoms with Gasteiger partial charge in [-0.2, -0.15) is 0 Å². The van der Waals surface area contributed by atoms with Crippen molar-refractivity contribution in [1.29, 1.82) is 0 Å². The summed E-state index contributed by atoms with van der Waals surface area (Å²) >= 11 is 3.51. The molecule has 0 saturated heterocycles. The van der Waals surface area contributed by atoms with Gasteiger partial charge in [0, 0.05) is 32.4 Å². The highest BCUT2D eigenvalue weighted by Crippen LogP contribution is 2.49. The fourth-order valence-corrected chi connectivity index (χ4v) is 4.43. The van der Waals surface area contributed by atoms with Crippen molar-refractivity contribution in [1.82, 2.24) is 5.32 Å². The molecule has 0 radical (unpaired) electrons. The predicted molar refractivity (Wildman–Crippen MR) is 114 cm³/mol. The molecule has 1 aliphatic carbocycles. The van der Waals surface area contributed by atoms with Gasteiger partial charge >= 0.3 is 5.97 Å². The second-order valence-corrected chi connectivity index (χ2v) is 7.78. The standard InChI is InChI=1S/C23H20BrNO4/c1-4-29-17-10-9-13(24)11-16(17)19-18(23(27)28-3)12(2)25-21-14-7-5-6-8-15(14)22(26)20(19)21/h5-11,19,25H,4H2,1-3H3. The van der Waals surface area contributed by atoms with Gasteiger partial charge in [0.1, 0.15) is 5.75 Å². The van der Waals surface area contributed by atoms with Crippen LogP contribution in [0.2, 0.25) is 0 Å². The molecule has 0 amide bonds. The molecule has 0 bridgehead atoms. The molecule has 2 aromatic carbocycles. The smallest absolute Gasteiger partial charge is 0.336 e. The Morgan fingerprint density at radius 3 is 2.59 bits per heavy atom. The number of methoxy groups -OCH3 is 1. The van der Waals surface area contributed by atoms with Crippen molar-refractivity contribution in [3.63, 3.8) is 0 Å². The lowest BCUT2D eigenvalue weighted by Crippen LogP contribution is -2.29. The van der Waals surface area contributed by atoms with E-state index in [1.54, 1.807) is 0 Å². The van der Waals surface area contributed by atoms with Crippen LogP contribution in [0.5, 0.6) is 5.75 Å². The third-order valence-electron chi connectivity index (χ3n) is 5.24. The maximum Gasteiger partial charge on any atom is 0.336 e. The van der Waals surface area contributed by atoms with Crippen LogP contribution in [0.25, 0.3) is 5.70 Å². The fraction of sp³-hybridized carbons (Fsp3) is 0.217. The Bertz CT molecular complexity index is 1100. The molecule has 1 heterocycles. The van der Waals surface area contributed by atoms with Gasteiger partial charge in [0.05, 0.1) is 30.9 Å². The van der Waals surface area contributed by atoms with Gasteiger partial charge in [-0.3, -0.25) is 4.79 Å². The van der Waals surface area contributed by atoms with Crippen LogP contribution in [0.15, 0.2) is 63.8 Å². The molecule has 4 rings (SSSR count). The minimum atomic E-state index is -0.599. The SMILES string of the molecule is CCOc1ccc(Br)cc1C1C(C(=O)OC)=C(C)NC2=C1C(=O)c1ccccc12. The van der Waals surface area contributed by atoms with Crippen molar-refractivity contribution in [2.24, 2.45) is 0 Å². The van der Waals surface area contributed by atoms with E-state index in [0.29, 0.717) is 34.8 Å². The maximum atomic E-state index is 13.4. The first-order valence-corrected chi connectivity index (χ1v) is 10.1. The number of dihydropyridines is 1. The van der Waals surface area contributed by atoms with Crippen LogP contribution in [0, 0.1) is 0 Å². The Balaban J connectivity index is 2.00. The highest BCUT2D eigenvalue weighted by Gasteiger charge is 2.43. The zero-order valence-electron chi connectivity index (χ0n) is 16.3. The molecule has 148 valence electrons. The van der Waals surface area contributed by atoms with Gasteiger partial charge in [-0.1, -0.05) is 40.2 Å². The number of esters is 1. The number of hydrogen-bond acceptors (Lipinski definition) is 5. The van der Waals surface area contributed by atoms with Crippen LogP contribution in [-0.4, -0.2) is 25.5 Å². The molecular weight excluding hydrogens is 434 g/mol. The summed E-state index contributed by atoms with van der Waals surface area (Å²) in [5, 5.41) is 3.28. The van der Waals surface area contributed by atoms with Gasteiger partial charge in [0.15, 0.2) is 5.78 Å². The van der Waals surface area contributed by atoms with Gasteiger partial charge in [-0.25, -0.2) is 4.79 Å². The number of benzene rings is 2. The summed E-state index contributed by atoms with van der Waals surface area (Å²) in [4.78, 5) is 26.2. The predicted octanol–water partition coefficient (Wildman–Crippen LogP) is 4.59. The molecule has 29 heavy (non-hydrogen) atoms. The van der Waals surface area contributed by atoms with Gasteiger partial charge in [0.25, 0.3) is 0 Å². The number of fused-ring (bicyclic) bond motifs is 2. The Morgan fingerprint density at radius 2 is 1.90 bits per heavy atom. The quantitative estimate of drug-likeness (QED) is 0.685. The van der Waals surface area contributed by atoms with E-state index in [9.17, 15) is 9.59 Å². The largest absolute Gasteiger partial charge is 0.494 e. The molecule has 2 aromatic rings. The van der Waals surface area contributed by atoms with E-state index < -0.39 is 11.9 Å². The number of rotatable bonds is 4. The van der Waals surface area contributed by atoms with Gasteiger partial charge < -0.3 is 14.8 Å². The van der Waals surface area contributed by atoms with E-state index in [2.05, 4.69) is 21.2 Å². The molecule has 0 aromatic heterocycles. The van der Waals surface area contributed by atoms with Crippen molar-refractivity contribution in [3.8, 4) is 5.75 Å². The Kier molecular flexibility index (Phi) is 5.04. The minimum absolute atomic E-state index is 0.0931. The lowest BCUT2D eigenvalue weighted by atomic mass is 9.79. The summed E-state index contributed by atoms with van der Waals surface area (Å²) in [6.45, 7) is 4.19. The number of ketones is 1. The van der Waals surface area contributed by atoms with E-state index >= 15 is 0 Å². The van der Waals surface area contributed by atoms with Crippen LogP contribution in [-0.2, 0) is 9.53 Å². The third kappa shape index (κ3) is 3.08. The average molecular weight is 454 g/mol. The van der Waals surface area contributed by atoms with Crippen molar-refractivity contribution in [2.75, 3.05) is 13.7 Å². The molecule has 0 fully saturated rings. The van der Waals surface area contributed by atoms with Crippen LogP contribution in [0.1, 0.15) is 41.3 Å². The van der Waals surface area contributed by atoms with Crippen LogP contribution in [0.4, 0.5) is 0 Å². The van der Waals surface area contributed by atoms with E-state index in [1.807, 2.05) is 56.3 Å². The molecular formula is C23H20BrNO4. The summed E-state index contributed by atoms with van der Waals surface area (Å²) in [6.07, 6.45) is 0. The van der Waals surface area contributed by atoms with Crippen LogP contribution in [0.3, 0.4) is 0 Å². The van der Waals surface area contributed by atoms with Crippen molar-refractivity contribution < 1.29 is 19.1 Å². The number of halogens is 1.